The number of fused-ring (bicyclic) bond motifs is 1. The molecule has 3 heterocycles. The molecule has 2 aliphatic heterocycles. The molecule has 0 bridgehead atoms. The number of ether oxygens (including phenoxy) is 3. The van der Waals surface area contributed by atoms with Crippen LogP contribution in [0.2, 0.25) is 0 Å². The molecule has 0 saturated carbocycles. The number of carbonyl (C=O) groups is 1. The molecule has 2 fully saturated rings. The van der Waals surface area contributed by atoms with Gasteiger partial charge in [-0.15, -0.1) is 5.10 Å². The van der Waals surface area contributed by atoms with E-state index in [-0.39, 0.29) is 30.6 Å². The highest BCUT2D eigenvalue weighted by molar-refractivity contribution is 5.86. The summed E-state index contributed by atoms with van der Waals surface area (Å²) in [6, 6.07) is -0.182. The van der Waals surface area contributed by atoms with Gasteiger partial charge in [0.2, 0.25) is 0 Å². The molecule has 0 aromatic carbocycles. The van der Waals surface area contributed by atoms with Crippen LogP contribution in [0.4, 0.5) is 0 Å². The molecule has 0 unspecified atom stereocenters. The number of rotatable bonds is 2. The van der Waals surface area contributed by atoms with Crippen molar-refractivity contribution in [2.45, 2.75) is 24.4 Å². The van der Waals surface area contributed by atoms with Gasteiger partial charge in [0.25, 0.3) is 0 Å². The number of esters is 1. The summed E-state index contributed by atoms with van der Waals surface area (Å²) >= 11 is 0. The predicted octanol–water partition coefficient (Wildman–Crippen LogP) is -1.24. The molecular formula is C10H13N3O5. The molecule has 4 atom stereocenters. The van der Waals surface area contributed by atoms with Gasteiger partial charge in [0.1, 0.15) is 24.4 Å². The molecule has 0 spiro atoms. The van der Waals surface area contributed by atoms with Gasteiger partial charge in [-0.25, -0.2) is 9.48 Å². The Kier molecular flexibility index (Phi) is 2.77. The second-order valence-corrected chi connectivity index (χ2v) is 4.31. The largest absolute Gasteiger partial charge is 0.464 e. The maximum Gasteiger partial charge on any atom is 0.360 e. The Balaban J connectivity index is 1.79. The Hall–Kier alpha value is -1.51. The van der Waals surface area contributed by atoms with E-state index < -0.39 is 12.1 Å². The normalized spacial score (nSPS) is 34.6. The molecule has 2 aliphatic rings. The Morgan fingerprint density at radius 1 is 1.50 bits per heavy atom. The van der Waals surface area contributed by atoms with Crippen LogP contribution in [0, 0.1) is 0 Å². The first kappa shape index (κ1) is 11.6. The molecule has 0 aliphatic carbocycles. The van der Waals surface area contributed by atoms with E-state index in [4.69, 9.17) is 9.47 Å². The lowest BCUT2D eigenvalue weighted by atomic mass is 10.1. The number of aromatic nitrogens is 3. The van der Waals surface area contributed by atoms with Crippen molar-refractivity contribution in [2.75, 3.05) is 20.3 Å². The van der Waals surface area contributed by atoms with Crippen molar-refractivity contribution in [3.63, 3.8) is 0 Å². The minimum Gasteiger partial charge on any atom is -0.464 e. The van der Waals surface area contributed by atoms with Crippen LogP contribution < -0.4 is 0 Å². The molecule has 18 heavy (non-hydrogen) atoms. The number of hydrogen-bond donors (Lipinski definition) is 1. The van der Waals surface area contributed by atoms with E-state index >= 15 is 0 Å². The van der Waals surface area contributed by atoms with Gasteiger partial charge in [-0.2, -0.15) is 0 Å². The molecule has 1 N–H and O–H groups in total. The summed E-state index contributed by atoms with van der Waals surface area (Å²) < 4.78 is 17.0. The summed E-state index contributed by atoms with van der Waals surface area (Å²) in [6.45, 7) is 0.626. The SMILES string of the molecule is COC(=O)c1cn([C@@H]2CO[C@@H]3[C@@H]2OC[C@H]3O)nn1. The monoisotopic (exact) mass is 255 g/mol. The topological polar surface area (TPSA) is 95.7 Å². The maximum absolute atomic E-state index is 11.3. The predicted molar refractivity (Wildman–Crippen MR) is 55.9 cm³/mol. The van der Waals surface area contributed by atoms with Crippen molar-refractivity contribution in [1.82, 2.24) is 15.0 Å². The van der Waals surface area contributed by atoms with Gasteiger partial charge < -0.3 is 19.3 Å². The van der Waals surface area contributed by atoms with Gasteiger partial charge in [-0.3, -0.25) is 0 Å². The fourth-order valence-electron chi connectivity index (χ4n) is 2.32. The summed E-state index contributed by atoms with van der Waals surface area (Å²) in [6.07, 6.45) is 0.299. The van der Waals surface area contributed by atoms with Crippen LogP contribution in [0.3, 0.4) is 0 Å². The first-order chi connectivity index (χ1) is 8.70. The third-order valence-electron chi connectivity index (χ3n) is 3.25. The Morgan fingerprint density at radius 2 is 2.28 bits per heavy atom. The number of methoxy groups -OCH3 is 1. The molecule has 3 rings (SSSR count). The summed E-state index contributed by atoms with van der Waals surface area (Å²) in [5.74, 6) is -0.538. The van der Waals surface area contributed by atoms with E-state index in [9.17, 15) is 9.90 Å². The number of hydrogen-bond acceptors (Lipinski definition) is 7. The highest BCUT2D eigenvalue weighted by Crippen LogP contribution is 2.33. The lowest BCUT2D eigenvalue weighted by Crippen LogP contribution is -2.30. The number of nitrogens with zero attached hydrogens (tertiary/aromatic N) is 3. The third kappa shape index (κ3) is 1.69. The summed E-state index contributed by atoms with van der Waals surface area (Å²) in [5.41, 5.74) is 0.138. The van der Waals surface area contributed by atoms with E-state index in [2.05, 4.69) is 15.0 Å². The van der Waals surface area contributed by atoms with Crippen LogP contribution in [-0.2, 0) is 14.2 Å². The number of aliphatic hydroxyl groups is 1. The van der Waals surface area contributed by atoms with Gasteiger partial charge in [-0.1, -0.05) is 5.21 Å². The zero-order valence-electron chi connectivity index (χ0n) is 9.72. The minimum absolute atomic E-state index is 0.138. The zero-order chi connectivity index (χ0) is 12.7. The van der Waals surface area contributed by atoms with Gasteiger partial charge >= 0.3 is 5.97 Å². The van der Waals surface area contributed by atoms with Gasteiger partial charge in [-0.05, 0) is 0 Å². The minimum atomic E-state index is -0.608. The summed E-state index contributed by atoms with van der Waals surface area (Å²) in [5, 5.41) is 17.2. The second kappa shape index (κ2) is 4.30. The average molecular weight is 255 g/mol. The molecule has 0 amide bonds. The van der Waals surface area contributed by atoms with E-state index in [1.807, 2.05) is 0 Å². The van der Waals surface area contributed by atoms with E-state index in [1.54, 1.807) is 0 Å². The van der Waals surface area contributed by atoms with Crippen LogP contribution in [0.5, 0.6) is 0 Å². The van der Waals surface area contributed by atoms with Crippen LogP contribution in [-0.4, -0.2) is 64.7 Å². The van der Waals surface area contributed by atoms with Crippen LogP contribution in [0.1, 0.15) is 16.5 Å². The quantitative estimate of drug-likeness (QED) is 0.660. The van der Waals surface area contributed by atoms with Crippen LogP contribution in [0.15, 0.2) is 6.20 Å². The number of aliphatic hydroxyl groups excluding tert-OH is 1. The van der Waals surface area contributed by atoms with Crippen LogP contribution >= 0.6 is 0 Å². The fourth-order valence-corrected chi connectivity index (χ4v) is 2.32. The molecule has 1 aromatic rings. The molecule has 0 radical (unpaired) electrons. The highest BCUT2D eigenvalue weighted by Gasteiger charge is 2.48. The standard InChI is InChI=1S/C10H13N3O5/c1-16-10(15)5-2-13(12-11-5)6-3-17-9-7(14)4-18-8(6)9/h2,6-9,14H,3-4H2,1H3/t6-,7-,8-,9+/m1/s1. The molecule has 98 valence electrons. The van der Waals surface area contributed by atoms with Crippen molar-refractivity contribution >= 4 is 5.97 Å². The number of carbonyl (C=O) groups excluding carboxylic acids is 1. The Morgan fingerprint density at radius 3 is 3.06 bits per heavy atom. The smallest absolute Gasteiger partial charge is 0.360 e. The van der Waals surface area contributed by atoms with Crippen molar-refractivity contribution in [3.8, 4) is 0 Å². The third-order valence-corrected chi connectivity index (χ3v) is 3.25. The molecule has 2 saturated heterocycles. The molecule has 1 aromatic heterocycles. The maximum atomic E-state index is 11.3. The van der Waals surface area contributed by atoms with Crippen molar-refractivity contribution in [1.29, 1.82) is 0 Å². The van der Waals surface area contributed by atoms with Crippen LogP contribution in [0.25, 0.3) is 0 Å². The lowest BCUT2D eigenvalue weighted by molar-refractivity contribution is 0.0169. The van der Waals surface area contributed by atoms with Crippen molar-refractivity contribution < 1.29 is 24.1 Å². The first-order valence-corrected chi connectivity index (χ1v) is 5.62. The Labute approximate surface area is 102 Å². The van der Waals surface area contributed by atoms with Crippen molar-refractivity contribution in [3.05, 3.63) is 11.9 Å². The Bertz CT molecular complexity index is 462. The fraction of sp³-hybridized carbons (Fsp3) is 0.700. The van der Waals surface area contributed by atoms with E-state index in [0.717, 1.165) is 0 Å². The first-order valence-electron chi connectivity index (χ1n) is 5.62. The van der Waals surface area contributed by atoms with Crippen molar-refractivity contribution in [2.24, 2.45) is 0 Å². The van der Waals surface area contributed by atoms with Gasteiger partial charge in [0.05, 0.1) is 26.5 Å². The molecular weight excluding hydrogens is 242 g/mol. The summed E-state index contributed by atoms with van der Waals surface area (Å²) in [4.78, 5) is 11.3. The average Bonchev–Trinajstić information content (AvgIpc) is 3.05. The summed E-state index contributed by atoms with van der Waals surface area (Å²) in [7, 11) is 1.28. The lowest BCUT2D eigenvalue weighted by Gasteiger charge is -2.14. The van der Waals surface area contributed by atoms with Gasteiger partial charge in [0.15, 0.2) is 5.69 Å². The zero-order valence-corrected chi connectivity index (χ0v) is 9.72. The molecule has 8 heteroatoms. The second-order valence-electron chi connectivity index (χ2n) is 4.31. The van der Waals surface area contributed by atoms with E-state index in [1.165, 1.54) is 18.0 Å². The van der Waals surface area contributed by atoms with Gasteiger partial charge in [0, 0.05) is 0 Å². The highest BCUT2D eigenvalue weighted by atomic mass is 16.6. The molecule has 8 nitrogen and oxygen atoms in total. The van der Waals surface area contributed by atoms with E-state index in [0.29, 0.717) is 6.61 Å².